The number of carbonyl (C=O) groups is 1. The highest BCUT2D eigenvalue weighted by molar-refractivity contribution is 9.10. The molecule has 2 aromatic heterocycles. The van der Waals surface area contributed by atoms with Crippen LogP contribution >= 0.6 is 39.5 Å². The van der Waals surface area contributed by atoms with E-state index in [4.69, 9.17) is 36.8 Å². The van der Waals surface area contributed by atoms with Gasteiger partial charge < -0.3 is 46.1 Å². The SMILES string of the molecule is CN(CCOCC(C)(C)OCCC(C)(C)NSc1ccc(Nc2ncc(Br)c(Nc3cccc(F)c3C(N)=O)n2)cc1)c1nc(N2CCNCC2)c2cc(Cl)c(-c3cc(O)cc4ccccc34)c(F)c2n1. The molecule has 1 aliphatic rings. The summed E-state index contributed by atoms with van der Waals surface area (Å²) >= 11 is 11.8. The minimum Gasteiger partial charge on any atom is -0.508 e. The first-order valence-corrected chi connectivity index (χ1v) is 24.9. The second-order valence-corrected chi connectivity index (χ2v) is 20.5. The second kappa shape index (κ2) is 22.2. The van der Waals surface area contributed by atoms with Crippen molar-refractivity contribution in [2.24, 2.45) is 5.73 Å². The molecule has 3 heterocycles. The van der Waals surface area contributed by atoms with Crippen LogP contribution in [0.15, 0.2) is 100 Å². The molecule has 0 aliphatic carbocycles. The number of fused-ring (bicyclic) bond motifs is 2. The van der Waals surface area contributed by atoms with Gasteiger partial charge in [0, 0.05) is 79.6 Å². The first kappa shape index (κ1) is 51.4. The molecule has 7 aromatic rings. The molecule has 20 heteroatoms. The van der Waals surface area contributed by atoms with Crippen LogP contribution in [0.25, 0.3) is 32.8 Å². The van der Waals surface area contributed by atoms with Crippen LogP contribution in [0.3, 0.4) is 0 Å². The summed E-state index contributed by atoms with van der Waals surface area (Å²) in [5, 5.41) is 22.4. The van der Waals surface area contributed by atoms with Crippen LogP contribution in [0.2, 0.25) is 5.02 Å². The van der Waals surface area contributed by atoms with E-state index < -0.39 is 23.1 Å². The van der Waals surface area contributed by atoms with Crippen molar-refractivity contribution in [2.45, 2.75) is 50.2 Å². The topological polar surface area (TPSA) is 188 Å². The normalized spacial score (nSPS) is 13.2. The van der Waals surface area contributed by atoms with Gasteiger partial charge in [0.25, 0.3) is 5.91 Å². The number of phenols is 1. The number of aromatic nitrogens is 4. The number of carbonyl (C=O) groups excluding carboxylic acids is 1. The number of amides is 1. The van der Waals surface area contributed by atoms with Gasteiger partial charge in [-0.2, -0.15) is 9.97 Å². The summed E-state index contributed by atoms with van der Waals surface area (Å²) in [5.41, 5.74) is 6.01. The molecule has 0 spiro atoms. The second-order valence-electron chi connectivity index (χ2n) is 18.4. The van der Waals surface area contributed by atoms with Crippen molar-refractivity contribution in [2.75, 3.05) is 80.0 Å². The third-order valence-electron chi connectivity index (χ3n) is 11.8. The lowest BCUT2D eigenvalue weighted by Gasteiger charge is -2.31. The molecule has 8 rings (SSSR count). The lowest BCUT2D eigenvalue weighted by Crippen LogP contribution is -2.44. The van der Waals surface area contributed by atoms with Crippen LogP contribution in [0.1, 0.15) is 44.5 Å². The average Bonchev–Trinajstić information content (AvgIpc) is 3.33. The number of halogens is 4. The molecular formula is C51H55BrClF2N11O4S. The number of hydrogen-bond donors (Lipinski definition) is 6. The number of primary amides is 1. The van der Waals surface area contributed by atoms with Gasteiger partial charge in [-0.15, -0.1) is 0 Å². The van der Waals surface area contributed by atoms with E-state index in [1.54, 1.807) is 18.3 Å². The number of rotatable bonds is 20. The molecular weight excluding hydrogens is 1020 g/mol. The van der Waals surface area contributed by atoms with Gasteiger partial charge in [-0.3, -0.25) is 9.52 Å². The van der Waals surface area contributed by atoms with E-state index in [1.165, 1.54) is 30.1 Å². The van der Waals surface area contributed by atoms with Crippen LogP contribution in [0.5, 0.6) is 5.75 Å². The van der Waals surface area contributed by atoms with Crippen molar-refractivity contribution >= 4 is 102 Å². The molecule has 0 unspecified atom stereocenters. The fourth-order valence-electron chi connectivity index (χ4n) is 7.95. The van der Waals surface area contributed by atoms with Crippen molar-refractivity contribution in [3.8, 4) is 16.9 Å². The molecule has 7 N–H and O–H groups in total. The number of anilines is 6. The Morgan fingerprint density at radius 2 is 1.73 bits per heavy atom. The van der Waals surface area contributed by atoms with E-state index in [-0.39, 0.29) is 44.6 Å². The van der Waals surface area contributed by atoms with E-state index in [2.05, 4.69) is 65.3 Å². The maximum Gasteiger partial charge on any atom is 0.253 e. The van der Waals surface area contributed by atoms with Crippen molar-refractivity contribution in [3.63, 3.8) is 0 Å². The van der Waals surface area contributed by atoms with Gasteiger partial charge in [0.05, 0.1) is 39.6 Å². The highest BCUT2D eigenvalue weighted by Crippen LogP contribution is 2.42. The van der Waals surface area contributed by atoms with Crippen molar-refractivity contribution in [1.29, 1.82) is 0 Å². The molecule has 0 radical (unpaired) electrons. The summed E-state index contributed by atoms with van der Waals surface area (Å²) in [4.78, 5) is 35.5. The van der Waals surface area contributed by atoms with Crippen molar-refractivity contribution in [1.82, 2.24) is 30.0 Å². The van der Waals surface area contributed by atoms with Gasteiger partial charge in [-0.1, -0.05) is 41.9 Å². The van der Waals surface area contributed by atoms with Crippen LogP contribution in [0, 0.1) is 11.6 Å². The summed E-state index contributed by atoms with van der Waals surface area (Å²) in [6.07, 6.45) is 2.26. The van der Waals surface area contributed by atoms with Crippen molar-refractivity contribution in [3.05, 3.63) is 118 Å². The molecule has 1 amide bonds. The Kier molecular flexibility index (Phi) is 16.1. The first-order valence-electron chi connectivity index (χ1n) is 22.9. The number of aromatic hydroxyl groups is 1. The minimum atomic E-state index is -0.901. The number of ether oxygens (including phenoxy) is 2. The third kappa shape index (κ3) is 12.6. The Balaban J connectivity index is 0.830. The lowest BCUT2D eigenvalue weighted by atomic mass is 9.96. The van der Waals surface area contributed by atoms with Crippen LogP contribution in [-0.2, 0) is 9.47 Å². The number of nitrogens with zero attached hydrogens (tertiary/aromatic N) is 6. The van der Waals surface area contributed by atoms with Crippen LogP contribution in [-0.4, -0.2) is 102 Å². The maximum atomic E-state index is 17.0. The average molecular weight is 1070 g/mol. The van der Waals surface area contributed by atoms with Gasteiger partial charge >= 0.3 is 0 Å². The lowest BCUT2D eigenvalue weighted by molar-refractivity contribution is -0.0774. The van der Waals surface area contributed by atoms with E-state index in [0.717, 1.165) is 46.9 Å². The molecule has 0 bridgehead atoms. The maximum absolute atomic E-state index is 17.0. The number of benzene rings is 5. The van der Waals surface area contributed by atoms with Gasteiger partial charge in [-0.05, 0) is 133 Å². The smallest absolute Gasteiger partial charge is 0.253 e. The van der Waals surface area contributed by atoms with Gasteiger partial charge in [-0.25, -0.2) is 18.7 Å². The minimum absolute atomic E-state index is 0.00806. The highest BCUT2D eigenvalue weighted by atomic mass is 79.9. The quantitative estimate of drug-likeness (QED) is 0.0312. The molecule has 372 valence electrons. The van der Waals surface area contributed by atoms with E-state index in [9.17, 15) is 14.3 Å². The molecule has 1 aliphatic heterocycles. The fraction of sp³-hybridized carbons (Fsp3) is 0.314. The Morgan fingerprint density at radius 1 is 0.972 bits per heavy atom. The summed E-state index contributed by atoms with van der Waals surface area (Å²) in [6.45, 7) is 12.7. The number of piperazine rings is 1. The fourth-order valence-corrected chi connectivity index (χ4v) is 9.31. The Morgan fingerprint density at radius 3 is 2.49 bits per heavy atom. The standard InChI is InChI=1S/C51H55BrClF2N11O4S/c1-50(2,64-71-33-15-13-31(14-16-33)59-48-58-28-37(52)46(62-48)60-40-12-8-11-39(54)42(40)45(56)68)17-23-70-51(3,4)29-69-24-22-65(5)49-61-44-36(47(63-49)66-20-18-57-19-21-66)27-38(53)41(43(44)55)35-26-32(67)25-30-9-6-7-10-34(30)35/h6-16,25-28,57,64,67H,17-24,29H2,1-5H3,(H2,56,68)(H2,58,59,60,62). The van der Waals surface area contributed by atoms with E-state index >= 15 is 4.39 Å². The Bertz CT molecular complexity index is 3060. The number of nitrogens with one attached hydrogen (secondary N) is 4. The third-order valence-corrected chi connectivity index (χ3v) is 13.8. The zero-order valence-corrected chi connectivity index (χ0v) is 43.0. The molecule has 1 saturated heterocycles. The number of likely N-dealkylation sites (N-methyl/N-ethyl adjacent to an activating group) is 1. The highest BCUT2D eigenvalue weighted by Gasteiger charge is 2.27. The zero-order valence-electron chi connectivity index (χ0n) is 39.9. The summed E-state index contributed by atoms with van der Waals surface area (Å²) in [6, 6.07) is 24.3. The van der Waals surface area contributed by atoms with E-state index in [0.29, 0.717) is 72.5 Å². The molecule has 0 atom stereocenters. The summed E-state index contributed by atoms with van der Waals surface area (Å²) in [5.74, 6) is -0.662. The molecule has 71 heavy (non-hydrogen) atoms. The molecule has 1 fully saturated rings. The molecule has 15 nitrogen and oxygen atoms in total. The predicted octanol–water partition coefficient (Wildman–Crippen LogP) is 10.3. The summed E-state index contributed by atoms with van der Waals surface area (Å²) < 4.78 is 47.9. The van der Waals surface area contributed by atoms with Crippen LogP contribution in [0.4, 0.5) is 43.7 Å². The largest absolute Gasteiger partial charge is 0.508 e. The van der Waals surface area contributed by atoms with E-state index in [1.807, 2.05) is 74.3 Å². The Hall–Kier alpha value is -5.93. The van der Waals surface area contributed by atoms with Gasteiger partial charge in [0.1, 0.15) is 28.7 Å². The summed E-state index contributed by atoms with van der Waals surface area (Å²) in [7, 11) is 1.86. The molecule has 0 saturated carbocycles. The predicted molar refractivity (Wildman–Crippen MR) is 284 cm³/mol. The first-order chi connectivity index (χ1) is 33.9. The van der Waals surface area contributed by atoms with Crippen molar-refractivity contribution < 1.29 is 28.2 Å². The number of phenolic OH excluding ortho intramolecular Hbond substituents is 1. The molecule has 5 aromatic carbocycles. The Labute approximate surface area is 428 Å². The monoisotopic (exact) mass is 1070 g/mol. The van der Waals surface area contributed by atoms with Gasteiger partial charge in [0.15, 0.2) is 5.82 Å². The zero-order chi connectivity index (χ0) is 50.5. The van der Waals surface area contributed by atoms with Gasteiger partial charge in [0.2, 0.25) is 11.9 Å². The number of hydrogen-bond acceptors (Lipinski definition) is 15. The van der Waals surface area contributed by atoms with Crippen LogP contribution < -0.4 is 36.2 Å². The number of nitrogens with two attached hydrogens (primary N) is 1.